The molecule has 2 amide bonds. The Kier molecular flexibility index (Phi) is 5.45. The molecule has 3 rings (SSSR count). The first kappa shape index (κ1) is 18.5. The van der Waals surface area contributed by atoms with Gasteiger partial charge in [-0.05, 0) is 49.7 Å². The minimum Gasteiger partial charge on any atom is -0.497 e. The molecule has 0 spiro atoms. The summed E-state index contributed by atoms with van der Waals surface area (Å²) >= 11 is 0. The van der Waals surface area contributed by atoms with E-state index >= 15 is 0 Å². The van der Waals surface area contributed by atoms with Crippen molar-refractivity contribution < 1.29 is 18.7 Å². The third-order valence-corrected chi connectivity index (χ3v) is 4.36. The molecule has 0 bridgehead atoms. The number of furan rings is 1. The summed E-state index contributed by atoms with van der Waals surface area (Å²) < 4.78 is 10.9. The van der Waals surface area contributed by atoms with Gasteiger partial charge >= 0.3 is 0 Å². The van der Waals surface area contributed by atoms with E-state index in [1.165, 1.54) is 0 Å². The summed E-state index contributed by atoms with van der Waals surface area (Å²) in [6, 6.07) is 12.6. The van der Waals surface area contributed by atoms with Crippen LogP contribution in [0.1, 0.15) is 39.0 Å². The number of carbonyl (C=O) groups is 2. The highest BCUT2D eigenvalue weighted by Gasteiger charge is 2.18. The third kappa shape index (κ3) is 3.95. The van der Waals surface area contributed by atoms with Gasteiger partial charge in [-0.1, -0.05) is 12.1 Å². The van der Waals surface area contributed by atoms with Crippen LogP contribution in [-0.2, 0) is 6.54 Å². The van der Waals surface area contributed by atoms with E-state index in [2.05, 4.69) is 10.6 Å². The van der Waals surface area contributed by atoms with Crippen molar-refractivity contribution in [2.45, 2.75) is 20.4 Å². The number of methoxy groups -OCH3 is 1. The van der Waals surface area contributed by atoms with Crippen LogP contribution in [0.25, 0.3) is 11.0 Å². The first-order valence-corrected chi connectivity index (χ1v) is 8.76. The second-order valence-corrected chi connectivity index (χ2v) is 6.16. The van der Waals surface area contributed by atoms with Gasteiger partial charge in [-0.3, -0.25) is 9.59 Å². The summed E-state index contributed by atoms with van der Waals surface area (Å²) in [5, 5.41) is 6.46. The van der Waals surface area contributed by atoms with Gasteiger partial charge in [0.25, 0.3) is 11.8 Å². The first-order valence-electron chi connectivity index (χ1n) is 8.76. The van der Waals surface area contributed by atoms with Gasteiger partial charge in [-0.2, -0.15) is 0 Å². The minimum atomic E-state index is -0.282. The second-order valence-electron chi connectivity index (χ2n) is 6.16. The van der Waals surface area contributed by atoms with Crippen LogP contribution >= 0.6 is 0 Å². The fourth-order valence-corrected chi connectivity index (χ4v) is 2.84. The van der Waals surface area contributed by atoms with Crippen LogP contribution in [-0.4, -0.2) is 25.5 Å². The summed E-state index contributed by atoms with van der Waals surface area (Å²) in [7, 11) is 1.60. The molecule has 0 saturated carbocycles. The van der Waals surface area contributed by atoms with Gasteiger partial charge in [-0.15, -0.1) is 0 Å². The van der Waals surface area contributed by atoms with Crippen molar-refractivity contribution in [3.8, 4) is 5.75 Å². The molecule has 0 aliphatic carbocycles. The number of hydrogen-bond acceptors (Lipinski definition) is 4. The monoisotopic (exact) mass is 366 g/mol. The van der Waals surface area contributed by atoms with Crippen LogP contribution in [0.15, 0.2) is 46.9 Å². The molecule has 1 heterocycles. The van der Waals surface area contributed by atoms with Gasteiger partial charge in [0.05, 0.1) is 7.11 Å². The van der Waals surface area contributed by atoms with E-state index in [0.29, 0.717) is 30.0 Å². The van der Waals surface area contributed by atoms with Crippen LogP contribution in [0, 0.1) is 6.92 Å². The molecule has 6 nitrogen and oxygen atoms in total. The van der Waals surface area contributed by atoms with Gasteiger partial charge in [0.15, 0.2) is 5.76 Å². The van der Waals surface area contributed by atoms with Gasteiger partial charge in [-0.25, -0.2) is 0 Å². The number of benzene rings is 2. The Balaban J connectivity index is 1.70. The molecule has 0 aliphatic heterocycles. The van der Waals surface area contributed by atoms with Crippen molar-refractivity contribution in [3.05, 3.63) is 64.9 Å². The smallest absolute Gasteiger partial charge is 0.287 e. The Bertz CT molecular complexity index is 974. The maximum atomic E-state index is 12.5. The average Bonchev–Trinajstić information content (AvgIpc) is 3.02. The average molecular weight is 366 g/mol. The van der Waals surface area contributed by atoms with Crippen LogP contribution in [0.2, 0.25) is 0 Å². The number of ether oxygens (including phenoxy) is 1. The Hall–Kier alpha value is -3.28. The molecular formula is C21H22N2O4. The van der Waals surface area contributed by atoms with Crippen molar-refractivity contribution in [2.75, 3.05) is 13.7 Å². The van der Waals surface area contributed by atoms with Crippen molar-refractivity contribution in [1.82, 2.24) is 10.6 Å². The molecular weight excluding hydrogens is 344 g/mol. The lowest BCUT2D eigenvalue weighted by Gasteiger charge is -2.06. The Morgan fingerprint density at radius 3 is 2.44 bits per heavy atom. The zero-order valence-electron chi connectivity index (χ0n) is 15.6. The lowest BCUT2D eigenvalue weighted by Crippen LogP contribution is -2.24. The summed E-state index contributed by atoms with van der Waals surface area (Å²) in [6.45, 7) is 4.65. The number of fused-ring (bicyclic) bond motifs is 1. The maximum absolute atomic E-state index is 12.5. The lowest BCUT2D eigenvalue weighted by molar-refractivity contribution is 0.0922. The van der Waals surface area contributed by atoms with Gasteiger partial charge < -0.3 is 19.8 Å². The fraction of sp³-hybridized carbons (Fsp3) is 0.238. The molecule has 1 aromatic heterocycles. The SMILES string of the molecule is CCNC(=O)c1ccc(CNC(=O)c2oc3ccc(OC)cc3c2C)cc1. The van der Waals surface area contributed by atoms with Crippen molar-refractivity contribution in [1.29, 1.82) is 0 Å². The number of hydrogen-bond donors (Lipinski definition) is 2. The quantitative estimate of drug-likeness (QED) is 0.700. The van der Waals surface area contributed by atoms with Crippen LogP contribution < -0.4 is 15.4 Å². The van der Waals surface area contributed by atoms with E-state index in [-0.39, 0.29) is 17.6 Å². The molecule has 2 N–H and O–H groups in total. The maximum Gasteiger partial charge on any atom is 0.287 e. The highest BCUT2D eigenvalue weighted by Crippen LogP contribution is 2.28. The molecule has 3 aromatic rings. The van der Waals surface area contributed by atoms with E-state index in [1.54, 1.807) is 31.4 Å². The fourth-order valence-electron chi connectivity index (χ4n) is 2.84. The van der Waals surface area contributed by atoms with Crippen molar-refractivity contribution in [2.24, 2.45) is 0 Å². The Labute approximate surface area is 157 Å². The Morgan fingerprint density at radius 2 is 1.78 bits per heavy atom. The lowest BCUT2D eigenvalue weighted by atomic mass is 10.1. The Morgan fingerprint density at radius 1 is 1.04 bits per heavy atom. The summed E-state index contributed by atoms with van der Waals surface area (Å²) in [5.41, 5.74) is 2.90. The summed E-state index contributed by atoms with van der Waals surface area (Å²) in [6.07, 6.45) is 0. The predicted octanol–water partition coefficient (Wildman–Crippen LogP) is 3.43. The third-order valence-electron chi connectivity index (χ3n) is 4.36. The van der Waals surface area contributed by atoms with Gasteiger partial charge in [0.1, 0.15) is 11.3 Å². The van der Waals surface area contributed by atoms with E-state index in [9.17, 15) is 9.59 Å². The first-order chi connectivity index (χ1) is 13.0. The van der Waals surface area contributed by atoms with Crippen LogP contribution in [0.3, 0.4) is 0 Å². The highest BCUT2D eigenvalue weighted by molar-refractivity contribution is 5.99. The zero-order chi connectivity index (χ0) is 19.4. The van der Waals surface area contributed by atoms with Gasteiger partial charge in [0.2, 0.25) is 0 Å². The van der Waals surface area contributed by atoms with Crippen LogP contribution in [0.5, 0.6) is 5.75 Å². The summed E-state index contributed by atoms with van der Waals surface area (Å²) in [5.74, 6) is 0.611. The molecule has 0 radical (unpaired) electrons. The summed E-state index contributed by atoms with van der Waals surface area (Å²) in [4.78, 5) is 24.3. The van der Waals surface area contributed by atoms with Crippen LogP contribution in [0.4, 0.5) is 0 Å². The number of carbonyl (C=O) groups excluding carboxylic acids is 2. The second kappa shape index (κ2) is 7.95. The minimum absolute atomic E-state index is 0.110. The predicted molar refractivity (Wildman–Crippen MR) is 103 cm³/mol. The van der Waals surface area contributed by atoms with E-state index in [0.717, 1.165) is 16.5 Å². The standard InChI is InChI=1S/C21H22N2O4/c1-4-22-20(24)15-7-5-14(6-8-15)12-23-21(25)19-13(2)17-11-16(26-3)9-10-18(17)27-19/h5-11H,4,12H2,1-3H3,(H,22,24)(H,23,25). The number of aryl methyl sites for hydroxylation is 1. The van der Waals surface area contributed by atoms with Crippen molar-refractivity contribution >= 4 is 22.8 Å². The van der Waals surface area contributed by atoms with E-state index < -0.39 is 0 Å². The van der Waals surface area contributed by atoms with E-state index in [4.69, 9.17) is 9.15 Å². The molecule has 2 aromatic carbocycles. The van der Waals surface area contributed by atoms with E-state index in [1.807, 2.05) is 32.0 Å². The number of nitrogens with one attached hydrogen (secondary N) is 2. The topological polar surface area (TPSA) is 80.6 Å². The molecule has 0 unspecified atom stereocenters. The highest BCUT2D eigenvalue weighted by atomic mass is 16.5. The van der Waals surface area contributed by atoms with Gasteiger partial charge in [0, 0.05) is 29.6 Å². The molecule has 0 atom stereocenters. The number of rotatable bonds is 6. The molecule has 0 fully saturated rings. The molecule has 0 saturated heterocycles. The largest absolute Gasteiger partial charge is 0.497 e. The van der Waals surface area contributed by atoms with Crippen molar-refractivity contribution in [3.63, 3.8) is 0 Å². The normalized spacial score (nSPS) is 10.6. The molecule has 27 heavy (non-hydrogen) atoms. The number of amides is 2. The zero-order valence-corrected chi connectivity index (χ0v) is 15.6. The molecule has 6 heteroatoms. The molecule has 0 aliphatic rings. The molecule has 140 valence electrons.